The summed E-state index contributed by atoms with van der Waals surface area (Å²) in [4.78, 5) is 24.9. The third-order valence-electron chi connectivity index (χ3n) is 4.71. The molecule has 0 unspecified atom stereocenters. The van der Waals surface area contributed by atoms with Gasteiger partial charge in [-0.2, -0.15) is 0 Å². The lowest BCUT2D eigenvalue weighted by molar-refractivity contribution is -0.113. The fourth-order valence-corrected chi connectivity index (χ4v) is 4.18. The second-order valence-electron chi connectivity index (χ2n) is 7.20. The van der Waals surface area contributed by atoms with Crippen LogP contribution >= 0.6 is 35.0 Å². The van der Waals surface area contributed by atoms with Crippen molar-refractivity contribution in [2.24, 2.45) is 0 Å². The summed E-state index contributed by atoms with van der Waals surface area (Å²) >= 11 is 13.2. The molecule has 0 saturated carbocycles. The highest BCUT2D eigenvalue weighted by molar-refractivity contribution is 7.99. The Bertz CT molecular complexity index is 1200. The Morgan fingerprint density at radius 2 is 1.97 bits per heavy atom. The van der Waals surface area contributed by atoms with Gasteiger partial charge in [0.2, 0.25) is 5.91 Å². The number of aromatic nitrogens is 3. The van der Waals surface area contributed by atoms with Gasteiger partial charge in [0, 0.05) is 25.1 Å². The Morgan fingerprint density at radius 1 is 1.17 bits per heavy atom. The standard InChI is InChI=1S/C24H25Cl2N5O3S/c1-3-13-31-21(11-12-27-23(33)16-9-10-17(25)18(26)14-16)29-30-24(31)35-15-22(32)28-19-7-5-6-8-20(19)34-4-2/h3,5-10,14H,1,4,11-13,15H2,2H3,(H,27,33)(H,28,32). The summed E-state index contributed by atoms with van der Waals surface area (Å²) in [5.41, 5.74) is 1.03. The van der Waals surface area contributed by atoms with E-state index in [2.05, 4.69) is 27.4 Å². The van der Waals surface area contributed by atoms with Crippen molar-refractivity contribution in [1.29, 1.82) is 0 Å². The fraction of sp³-hybridized carbons (Fsp3) is 0.250. The minimum absolute atomic E-state index is 0.143. The van der Waals surface area contributed by atoms with Crippen molar-refractivity contribution in [3.8, 4) is 5.75 Å². The van der Waals surface area contributed by atoms with Crippen LogP contribution in [0.3, 0.4) is 0 Å². The molecule has 2 aromatic carbocycles. The van der Waals surface area contributed by atoms with Crippen molar-refractivity contribution >= 4 is 52.5 Å². The number of carbonyl (C=O) groups is 2. The lowest BCUT2D eigenvalue weighted by Crippen LogP contribution is -2.26. The first kappa shape index (κ1) is 26.6. The van der Waals surface area contributed by atoms with Crippen LogP contribution in [0.15, 0.2) is 60.3 Å². The molecule has 2 N–H and O–H groups in total. The van der Waals surface area contributed by atoms with Crippen LogP contribution in [0.25, 0.3) is 0 Å². The second kappa shape index (κ2) is 13.2. The minimum atomic E-state index is -0.267. The number of allylic oxidation sites excluding steroid dienone is 1. The number of nitrogens with zero attached hydrogens (tertiary/aromatic N) is 3. The Labute approximate surface area is 218 Å². The topological polar surface area (TPSA) is 98.1 Å². The molecule has 0 aliphatic rings. The number of carbonyl (C=O) groups excluding carboxylic acids is 2. The molecule has 0 saturated heterocycles. The van der Waals surface area contributed by atoms with E-state index in [4.69, 9.17) is 27.9 Å². The summed E-state index contributed by atoms with van der Waals surface area (Å²) in [5.74, 6) is 0.976. The van der Waals surface area contributed by atoms with Crippen LogP contribution < -0.4 is 15.4 Å². The predicted octanol–water partition coefficient (Wildman–Crippen LogP) is 4.87. The zero-order valence-corrected chi connectivity index (χ0v) is 21.4. The summed E-state index contributed by atoms with van der Waals surface area (Å²) in [7, 11) is 0. The zero-order valence-electron chi connectivity index (χ0n) is 19.1. The van der Waals surface area contributed by atoms with E-state index in [0.717, 1.165) is 0 Å². The van der Waals surface area contributed by atoms with Crippen molar-refractivity contribution in [1.82, 2.24) is 20.1 Å². The van der Waals surface area contributed by atoms with Gasteiger partial charge in [0.1, 0.15) is 11.6 Å². The van der Waals surface area contributed by atoms with Gasteiger partial charge < -0.3 is 19.9 Å². The number of hydrogen-bond donors (Lipinski definition) is 2. The molecule has 2 amide bonds. The molecular formula is C24H25Cl2N5O3S. The van der Waals surface area contributed by atoms with Crippen molar-refractivity contribution in [3.63, 3.8) is 0 Å². The van der Waals surface area contributed by atoms with E-state index in [1.165, 1.54) is 17.8 Å². The number of para-hydroxylation sites is 2. The number of anilines is 1. The Balaban J connectivity index is 1.57. The van der Waals surface area contributed by atoms with Gasteiger partial charge in [0.25, 0.3) is 5.91 Å². The van der Waals surface area contributed by atoms with Crippen LogP contribution in [-0.2, 0) is 17.8 Å². The smallest absolute Gasteiger partial charge is 0.251 e. The monoisotopic (exact) mass is 533 g/mol. The summed E-state index contributed by atoms with van der Waals surface area (Å²) in [6.07, 6.45) is 2.17. The number of rotatable bonds is 12. The van der Waals surface area contributed by atoms with E-state index >= 15 is 0 Å². The molecule has 0 aliphatic carbocycles. The number of thioether (sulfide) groups is 1. The molecule has 0 radical (unpaired) electrons. The molecule has 1 heterocycles. The van der Waals surface area contributed by atoms with Crippen LogP contribution in [0.2, 0.25) is 10.0 Å². The van der Waals surface area contributed by atoms with Crippen LogP contribution in [0.5, 0.6) is 5.75 Å². The van der Waals surface area contributed by atoms with Gasteiger partial charge in [-0.15, -0.1) is 16.8 Å². The molecule has 0 atom stereocenters. The van der Waals surface area contributed by atoms with Crippen LogP contribution in [-0.4, -0.2) is 45.5 Å². The average molecular weight is 534 g/mol. The van der Waals surface area contributed by atoms with Gasteiger partial charge >= 0.3 is 0 Å². The van der Waals surface area contributed by atoms with Crippen LogP contribution in [0.4, 0.5) is 5.69 Å². The molecule has 184 valence electrons. The Morgan fingerprint density at radius 3 is 2.71 bits per heavy atom. The van der Waals surface area contributed by atoms with Crippen molar-refractivity contribution in [2.75, 3.05) is 24.2 Å². The van der Waals surface area contributed by atoms with Gasteiger partial charge in [0.15, 0.2) is 5.16 Å². The van der Waals surface area contributed by atoms with Crippen LogP contribution in [0.1, 0.15) is 23.1 Å². The lowest BCUT2D eigenvalue weighted by atomic mass is 10.2. The first-order chi connectivity index (χ1) is 16.9. The van der Waals surface area contributed by atoms with Crippen LogP contribution in [0, 0.1) is 0 Å². The summed E-state index contributed by atoms with van der Waals surface area (Å²) in [6.45, 7) is 6.99. The molecule has 35 heavy (non-hydrogen) atoms. The third kappa shape index (κ3) is 7.48. The van der Waals surface area contributed by atoms with Gasteiger partial charge in [-0.1, -0.05) is 53.2 Å². The minimum Gasteiger partial charge on any atom is -0.492 e. The predicted molar refractivity (Wildman–Crippen MR) is 140 cm³/mol. The SMILES string of the molecule is C=CCn1c(CCNC(=O)c2ccc(Cl)c(Cl)c2)nnc1SCC(=O)Nc1ccccc1OCC. The molecular weight excluding hydrogens is 509 g/mol. The number of amides is 2. The van der Waals surface area contributed by atoms with Crippen molar-refractivity contribution in [3.05, 3.63) is 76.6 Å². The average Bonchev–Trinajstić information content (AvgIpc) is 3.22. The van der Waals surface area contributed by atoms with Crippen molar-refractivity contribution in [2.45, 2.75) is 25.0 Å². The maximum absolute atomic E-state index is 12.5. The largest absolute Gasteiger partial charge is 0.492 e. The molecule has 1 aromatic heterocycles. The van der Waals surface area contributed by atoms with Crippen molar-refractivity contribution < 1.29 is 14.3 Å². The first-order valence-corrected chi connectivity index (χ1v) is 12.6. The van der Waals surface area contributed by atoms with Gasteiger partial charge in [-0.05, 0) is 37.3 Å². The summed E-state index contributed by atoms with van der Waals surface area (Å²) in [6, 6.07) is 12.0. The molecule has 3 rings (SSSR count). The molecule has 0 bridgehead atoms. The zero-order chi connectivity index (χ0) is 25.2. The Kier molecular flexibility index (Phi) is 10.0. The molecule has 8 nitrogen and oxygen atoms in total. The number of nitrogens with one attached hydrogen (secondary N) is 2. The van der Waals surface area contributed by atoms with Gasteiger partial charge in [-0.3, -0.25) is 9.59 Å². The Hall–Kier alpha value is -3.01. The second-order valence-corrected chi connectivity index (χ2v) is 8.96. The molecule has 3 aromatic rings. The van der Waals surface area contributed by atoms with E-state index in [9.17, 15) is 9.59 Å². The van der Waals surface area contributed by atoms with Gasteiger partial charge in [0.05, 0.1) is 28.1 Å². The molecule has 0 aliphatic heterocycles. The van der Waals surface area contributed by atoms with E-state index in [-0.39, 0.29) is 17.6 Å². The first-order valence-electron chi connectivity index (χ1n) is 10.8. The number of hydrogen-bond acceptors (Lipinski definition) is 6. The summed E-state index contributed by atoms with van der Waals surface area (Å²) < 4.78 is 7.41. The number of halogens is 2. The lowest BCUT2D eigenvalue weighted by Gasteiger charge is -2.11. The third-order valence-corrected chi connectivity index (χ3v) is 6.42. The molecule has 11 heteroatoms. The number of benzene rings is 2. The highest BCUT2D eigenvalue weighted by Crippen LogP contribution is 2.25. The highest BCUT2D eigenvalue weighted by Gasteiger charge is 2.15. The van der Waals surface area contributed by atoms with E-state index in [0.29, 0.717) is 64.1 Å². The summed E-state index contributed by atoms with van der Waals surface area (Å²) in [5, 5.41) is 15.4. The normalized spacial score (nSPS) is 10.6. The maximum atomic E-state index is 12.5. The van der Waals surface area contributed by atoms with E-state index in [1.54, 1.807) is 30.3 Å². The quantitative estimate of drug-likeness (QED) is 0.254. The van der Waals surface area contributed by atoms with E-state index < -0.39 is 0 Å². The van der Waals surface area contributed by atoms with Gasteiger partial charge in [-0.25, -0.2) is 0 Å². The maximum Gasteiger partial charge on any atom is 0.251 e. The molecule has 0 fully saturated rings. The highest BCUT2D eigenvalue weighted by atomic mass is 35.5. The van der Waals surface area contributed by atoms with E-state index in [1.807, 2.05) is 23.6 Å². The molecule has 0 spiro atoms. The number of ether oxygens (including phenoxy) is 1. The fourth-order valence-electron chi connectivity index (χ4n) is 3.12.